The SMILES string of the molecule is C#CC1(CO[Si](C)(C)C(C)(C)C)C/C1=C\n1cnc2c(Cl)nc(N)nc21. The molecule has 0 radical (unpaired) electrons. The molecule has 2 aromatic heterocycles. The third kappa shape index (κ3) is 3.25. The summed E-state index contributed by atoms with van der Waals surface area (Å²) >= 11 is 6.08. The van der Waals surface area contributed by atoms with Gasteiger partial charge >= 0.3 is 0 Å². The summed E-state index contributed by atoms with van der Waals surface area (Å²) < 4.78 is 8.14. The first-order valence-corrected chi connectivity index (χ1v) is 11.8. The van der Waals surface area contributed by atoms with Crippen LogP contribution in [0.1, 0.15) is 27.2 Å². The van der Waals surface area contributed by atoms with Gasteiger partial charge in [-0.2, -0.15) is 9.97 Å². The Bertz CT molecular complexity index is 937. The van der Waals surface area contributed by atoms with Crippen LogP contribution in [0.15, 0.2) is 11.9 Å². The summed E-state index contributed by atoms with van der Waals surface area (Å²) in [6.45, 7) is 11.7. The Hall–Kier alpha value is -1.88. The van der Waals surface area contributed by atoms with Crippen LogP contribution >= 0.6 is 11.6 Å². The van der Waals surface area contributed by atoms with Crippen molar-refractivity contribution in [1.29, 1.82) is 0 Å². The van der Waals surface area contributed by atoms with Gasteiger partial charge in [0, 0.05) is 6.20 Å². The first-order valence-electron chi connectivity index (χ1n) is 8.47. The highest BCUT2D eigenvalue weighted by Gasteiger charge is 2.50. The predicted molar refractivity (Wildman–Crippen MR) is 108 cm³/mol. The highest BCUT2D eigenvalue weighted by atomic mass is 35.5. The van der Waals surface area contributed by atoms with E-state index in [1.807, 2.05) is 6.20 Å². The molecule has 0 bridgehead atoms. The maximum absolute atomic E-state index is 6.35. The monoisotopic (exact) mass is 389 g/mol. The van der Waals surface area contributed by atoms with Gasteiger partial charge in [-0.3, -0.25) is 4.57 Å². The molecule has 26 heavy (non-hydrogen) atoms. The fourth-order valence-corrected chi connectivity index (χ4v) is 3.72. The second kappa shape index (κ2) is 6.08. The van der Waals surface area contributed by atoms with Crippen LogP contribution in [0.5, 0.6) is 0 Å². The number of anilines is 1. The Morgan fingerprint density at radius 1 is 1.46 bits per heavy atom. The van der Waals surface area contributed by atoms with Crippen LogP contribution in [0.25, 0.3) is 17.4 Å². The van der Waals surface area contributed by atoms with Crippen LogP contribution in [0.3, 0.4) is 0 Å². The van der Waals surface area contributed by atoms with E-state index in [-0.39, 0.29) is 21.6 Å². The van der Waals surface area contributed by atoms with Crippen LogP contribution in [-0.4, -0.2) is 34.4 Å². The zero-order chi connectivity index (χ0) is 19.3. The molecule has 1 aliphatic rings. The van der Waals surface area contributed by atoms with Crippen molar-refractivity contribution in [1.82, 2.24) is 19.5 Å². The van der Waals surface area contributed by atoms with E-state index in [2.05, 4.69) is 54.7 Å². The van der Waals surface area contributed by atoms with Crippen LogP contribution < -0.4 is 5.73 Å². The largest absolute Gasteiger partial charge is 0.415 e. The van der Waals surface area contributed by atoms with Gasteiger partial charge in [0.05, 0.1) is 12.0 Å². The number of nitrogens with zero attached hydrogens (tertiary/aromatic N) is 4. The Labute approximate surface area is 160 Å². The lowest BCUT2D eigenvalue weighted by molar-refractivity contribution is 0.252. The molecule has 1 fully saturated rings. The quantitative estimate of drug-likeness (QED) is 0.486. The van der Waals surface area contributed by atoms with Gasteiger partial charge in [-0.1, -0.05) is 38.3 Å². The third-order valence-corrected chi connectivity index (χ3v) is 10.2. The molecule has 1 unspecified atom stereocenters. The minimum Gasteiger partial charge on any atom is -0.415 e. The smallest absolute Gasteiger partial charge is 0.223 e. The number of rotatable bonds is 4. The van der Waals surface area contributed by atoms with E-state index in [0.29, 0.717) is 17.8 Å². The lowest BCUT2D eigenvalue weighted by Gasteiger charge is -2.36. The van der Waals surface area contributed by atoms with E-state index in [1.165, 1.54) is 0 Å². The maximum atomic E-state index is 6.35. The summed E-state index contributed by atoms with van der Waals surface area (Å²) in [6.07, 6.45) is 10.2. The van der Waals surface area contributed by atoms with Crippen LogP contribution in [-0.2, 0) is 4.43 Å². The fourth-order valence-electron chi connectivity index (χ4n) is 2.46. The van der Waals surface area contributed by atoms with Crippen molar-refractivity contribution in [2.24, 2.45) is 5.41 Å². The molecular formula is C18H24ClN5OSi. The summed E-state index contributed by atoms with van der Waals surface area (Å²) in [4.78, 5) is 12.4. The Kier molecular flexibility index (Phi) is 4.42. The molecule has 1 saturated carbocycles. The zero-order valence-electron chi connectivity index (χ0n) is 15.8. The fraction of sp³-hybridized carbons (Fsp3) is 0.500. The second-order valence-electron chi connectivity index (χ2n) is 8.30. The number of fused-ring (bicyclic) bond motifs is 1. The zero-order valence-corrected chi connectivity index (χ0v) is 17.6. The van der Waals surface area contributed by atoms with Crippen molar-refractivity contribution < 1.29 is 4.43 Å². The van der Waals surface area contributed by atoms with Crippen molar-refractivity contribution in [3.05, 3.63) is 17.1 Å². The number of hydrogen-bond donors (Lipinski definition) is 1. The molecule has 2 heterocycles. The van der Waals surface area contributed by atoms with Crippen molar-refractivity contribution >= 4 is 43.2 Å². The molecule has 1 aliphatic carbocycles. The average Bonchev–Trinajstić information content (AvgIpc) is 3.07. The van der Waals surface area contributed by atoms with E-state index in [9.17, 15) is 0 Å². The summed E-state index contributed by atoms with van der Waals surface area (Å²) in [5.74, 6) is 3.04. The predicted octanol–water partition coefficient (Wildman–Crippen LogP) is 3.95. The molecule has 2 aromatic rings. The Balaban J connectivity index is 1.85. The summed E-state index contributed by atoms with van der Waals surface area (Å²) in [7, 11) is -1.85. The maximum Gasteiger partial charge on any atom is 0.223 e. The van der Waals surface area contributed by atoms with Gasteiger partial charge in [0.25, 0.3) is 0 Å². The molecule has 3 rings (SSSR count). The van der Waals surface area contributed by atoms with E-state index in [0.717, 1.165) is 12.0 Å². The molecule has 0 amide bonds. The standard InChI is InChI=1S/C18H24ClN5OSi/c1-7-18(10-25-26(5,6)17(2,3)4)8-12(18)9-24-11-21-13-14(19)22-16(20)23-15(13)24/h1,9,11H,8,10H2,2-6H3,(H2,20,22,23)/b12-9+. The molecule has 0 aromatic carbocycles. The number of nitrogen functional groups attached to an aromatic ring is 1. The van der Waals surface area contributed by atoms with E-state index >= 15 is 0 Å². The summed E-state index contributed by atoms with van der Waals surface area (Å²) in [5.41, 5.74) is 7.55. The minimum absolute atomic E-state index is 0.114. The summed E-state index contributed by atoms with van der Waals surface area (Å²) in [5, 5.41) is 0.387. The van der Waals surface area contributed by atoms with Gasteiger partial charge in [0.1, 0.15) is 11.8 Å². The molecular weight excluding hydrogens is 366 g/mol. The first kappa shape index (κ1) is 18.9. The lowest BCUT2D eigenvalue weighted by Crippen LogP contribution is -2.42. The van der Waals surface area contributed by atoms with E-state index in [1.54, 1.807) is 10.9 Å². The van der Waals surface area contributed by atoms with E-state index in [4.69, 9.17) is 28.2 Å². The van der Waals surface area contributed by atoms with Gasteiger partial charge < -0.3 is 10.2 Å². The van der Waals surface area contributed by atoms with Gasteiger partial charge in [-0.15, -0.1) is 6.42 Å². The number of imidazole rings is 1. The Morgan fingerprint density at radius 3 is 2.77 bits per heavy atom. The average molecular weight is 390 g/mol. The van der Waals surface area contributed by atoms with Gasteiger partial charge in [-0.05, 0) is 30.1 Å². The van der Waals surface area contributed by atoms with Crippen molar-refractivity contribution in [2.75, 3.05) is 12.3 Å². The van der Waals surface area contributed by atoms with Crippen molar-refractivity contribution in [3.8, 4) is 12.3 Å². The molecule has 0 aliphatic heterocycles. The normalized spacial score (nSPS) is 22.0. The van der Waals surface area contributed by atoms with Crippen LogP contribution in [0.2, 0.25) is 23.3 Å². The van der Waals surface area contributed by atoms with E-state index < -0.39 is 8.32 Å². The molecule has 6 nitrogen and oxygen atoms in total. The highest BCUT2D eigenvalue weighted by molar-refractivity contribution is 6.74. The van der Waals surface area contributed by atoms with Gasteiger partial charge in [0.15, 0.2) is 19.1 Å². The van der Waals surface area contributed by atoms with Crippen LogP contribution in [0.4, 0.5) is 5.95 Å². The minimum atomic E-state index is -1.85. The number of terminal acetylenes is 1. The number of nitrogens with two attached hydrogens (primary N) is 1. The third-order valence-electron chi connectivity index (χ3n) is 5.43. The van der Waals surface area contributed by atoms with Crippen LogP contribution in [0, 0.1) is 17.8 Å². The highest BCUT2D eigenvalue weighted by Crippen LogP contribution is 2.53. The Morgan fingerprint density at radius 2 is 2.15 bits per heavy atom. The lowest BCUT2D eigenvalue weighted by atomic mass is 10.1. The topological polar surface area (TPSA) is 78.8 Å². The molecule has 0 saturated heterocycles. The second-order valence-corrected chi connectivity index (χ2v) is 13.5. The molecule has 8 heteroatoms. The number of hydrogen-bond acceptors (Lipinski definition) is 5. The molecule has 1 atom stereocenters. The van der Waals surface area contributed by atoms with Gasteiger partial charge in [-0.25, -0.2) is 4.98 Å². The van der Waals surface area contributed by atoms with Crippen molar-refractivity contribution in [2.45, 2.75) is 45.3 Å². The molecule has 138 valence electrons. The summed E-state index contributed by atoms with van der Waals surface area (Å²) in [6, 6.07) is 0. The molecule has 0 spiro atoms. The molecule has 2 N–H and O–H groups in total. The van der Waals surface area contributed by atoms with Crippen molar-refractivity contribution in [3.63, 3.8) is 0 Å². The first-order chi connectivity index (χ1) is 12.0. The number of aromatic nitrogens is 4. The number of halogens is 1. The van der Waals surface area contributed by atoms with Gasteiger partial charge in [0.2, 0.25) is 5.95 Å².